The summed E-state index contributed by atoms with van der Waals surface area (Å²) in [6.45, 7) is 3.77. The number of ether oxygens (including phenoxy) is 1. The van der Waals surface area contributed by atoms with Crippen LogP contribution < -0.4 is 10.1 Å². The summed E-state index contributed by atoms with van der Waals surface area (Å²) in [5.41, 5.74) is 0. The van der Waals surface area contributed by atoms with Gasteiger partial charge in [0.1, 0.15) is 5.75 Å². The topological polar surface area (TPSA) is 54.5 Å². The van der Waals surface area contributed by atoms with Gasteiger partial charge in [0.05, 0.1) is 19.2 Å². The number of aromatic nitrogens is 1. The predicted molar refractivity (Wildman–Crippen MR) is 63.8 cm³/mol. The van der Waals surface area contributed by atoms with Crippen LogP contribution in [0.1, 0.15) is 6.42 Å². The van der Waals surface area contributed by atoms with Gasteiger partial charge in [-0.25, -0.2) is 0 Å². The van der Waals surface area contributed by atoms with Gasteiger partial charge in [0.15, 0.2) is 0 Å². The number of hydrogen-bond acceptors (Lipinski definition) is 4. The van der Waals surface area contributed by atoms with Crippen LogP contribution in [0.4, 0.5) is 0 Å². The summed E-state index contributed by atoms with van der Waals surface area (Å²) in [4.78, 5) is 17.6. The second-order valence-electron chi connectivity index (χ2n) is 3.92. The van der Waals surface area contributed by atoms with Crippen molar-refractivity contribution in [3.8, 4) is 5.75 Å². The fourth-order valence-electron chi connectivity index (χ4n) is 1.76. The molecule has 17 heavy (non-hydrogen) atoms. The molecule has 0 saturated carbocycles. The summed E-state index contributed by atoms with van der Waals surface area (Å²) in [6, 6.07) is 3.65. The van der Waals surface area contributed by atoms with Crippen LogP contribution >= 0.6 is 0 Å². The van der Waals surface area contributed by atoms with Crippen LogP contribution in [0.25, 0.3) is 0 Å². The third kappa shape index (κ3) is 3.71. The molecular weight excluding hydrogens is 218 g/mol. The van der Waals surface area contributed by atoms with E-state index >= 15 is 0 Å². The lowest BCUT2D eigenvalue weighted by molar-refractivity contribution is -0.132. The standard InChI is InChI=1S/C12H17N3O2/c16-12(15-7-5-13-6-8-15)3-9-17-11-2-1-4-14-10-11/h1-2,4,10,13H,3,5-9H2. The smallest absolute Gasteiger partial charge is 0.226 e. The first-order chi connectivity index (χ1) is 8.36. The molecule has 1 aliphatic heterocycles. The quantitative estimate of drug-likeness (QED) is 0.814. The molecule has 0 aliphatic carbocycles. The molecule has 0 bridgehead atoms. The van der Waals surface area contributed by atoms with E-state index in [2.05, 4.69) is 10.3 Å². The van der Waals surface area contributed by atoms with Crippen molar-refractivity contribution in [3.05, 3.63) is 24.5 Å². The van der Waals surface area contributed by atoms with Crippen LogP contribution in [0.5, 0.6) is 5.75 Å². The lowest BCUT2D eigenvalue weighted by atomic mass is 10.3. The van der Waals surface area contributed by atoms with Crippen molar-refractivity contribution < 1.29 is 9.53 Å². The van der Waals surface area contributed by atoms with E-state index in [1.807, 2.05) is 17.0 Å². The van der Waals surface area contributed by atoms with Crippen molar-refractivity contribution in [1.29, 1.82) is 0 Å². The van der Waals surface area contributed by atoms with Gasteiger partial charge in [-0.15, -0.1) is 0 Å². The van der Waals surface area contributed by atoms with Crippen molar-refractivity contribution in [2.75, 3.05) is 32.8 Å². The van der Waals surface area contributed by atoms with E-state index in [0.717, 1.165) is 26.2 Å². The molecule has 1 aromatic heterocycles. The molecule has 5 heteroatoms. The molecule has 0 radical (unpaired) electrons. The first-order valence-corrected chi connectivity index (χ1v) is 5.87. The van der Waals surface area contributed by atoms with Gasteiger partial charge < -0.3 is 15.0 Å². The van der Waals surface area contributed by atoms with Crippen molar-refractivity contribution in [1.82, 2.24) is 15.2 Å². The summed E-state index contributed by atoms with van der Waals surface area (Å²) >= 11 is 0. The Bertz CT molecular complexity index is 350. The van der Waals surface area contributed by atoms with Crippen molar-refractivity contribution in [3.63, 3.8) is 0 Å². The number of pyridine rings is 1. The minimum atomic E-state index is 0.162. The molecule has 1 amide bonds. The SMILES string of the molecule is O=C(CCOc1cccnc1)N1CCNCC1. The Morgan fingerprint density at radius 1 is 1.47 bits per heavy atom. The zero-order valence-electron chi connectivity index (χ0n) is 9.76. The van der Waals surface area contributed by atoms with Crippen LogP contribution in [0, 0.1) is 0 Å². The fourth-order valence-corrected chi connectivity index (χ4v) is 1.76. The number of piperazine rings is 1. The molecule has 1 N–H and O–H groups in total. The fraction of sp³-hybridized carbons (Fsp3) is 0.500. The van der Waals surface area contributed by atoms with E-state index in [9.17, 15) is 4.79 Å². The van der Waals surface area contributed by atoms with Crippen molar-refractivity contribution in [2.45, 2.75) is 6.42 Å². The maximum Gasteiger partial charge on any atom is 0.226 e. The Morgan fingerprint density at radius 2 is 2.29 bits per heavy atom. The van der Waals surface area contributed by atoms with Gasteiger partial charge in [-0.3, -0.25) is 9.78 Å². The molecule has 0 spiro atoms. The predicted octanol–water partition coefficient (Wildman–Crippen LogP) is 0.282. The van der Waals surface area contributed by atoms with E-state index in [4.69, 9.17) is 4.74 Å². The lowest BCUT2D eigenvalue weighted by Crippen LogP contribution is -2.46. The van der Waals surface area contributed by atoms with Crippen molar-refractivity contribution >= 4 is 5.91 Å². The van der Waals surface area contributed by atoms with E-state index in [0.29, 0.717) is 18.8 Å². The average Bonchev–Trinajstić information content (AvgIpc) is 2.41. The van der Waals surface area contributed by atoms with E-state index < -0.39 is 0 Å². The van der Waals surface area contributed by atoms with Gasteiger partial charge in [-0.2, -0.15) is 0 Å². The molecule has 2 heterocycles. The first kappa shape index (κ1) is 11.9. The number of carbonyl (C=O) groups excluding carboxylic acids is 1. The van der Waals surface area contributed by atoms with Crippen LogP contribution in [0.2, 0.25) is 0 Å². The number of carbonyl (C=O) groups is 1. The summed E-state index contributed by atoms with van der Waals surface area (Å²) in [6.07, 6.45) is 3.77. The maximum atomic E-state index is 11.8. The number of nitrogens with zero attached hydrogens (tertiary/aromatic N) is 2. The summed E-state index contributed by atoms with van der Waals surface area (Å²) in [5, 5.41) is 3.22. The largest absolute Gasteiger partial charge is 0.491 e. The van der Waals surface area contributed by atoms with E-state index in [-0.39, 0.29) is 5.91 Å². The van der Waals surface area contributed by atoms with Crippen molar-refractivity contribution in [2.24, 2.45) is 0 Å². The van der Waals surface area contributed by atoms with Crippen LogP contribution in [-0.4, -0.2) is 48.6 Å². The highest BCUT2D eigenvalue weighted by atomic mass is 16.5. The molecule has 0 unspecified atom stereocenters. The average molecular weight is 235 g/mol. The molecular formula is C12H17N3O2. The molecule has 1 aliphatic rings. The van der Waals surface area contributed by atoms with Crippen LogP contribution in [0.15, 0.2) is 24.5 Å². The second-order valence-corrected chi connectivity index (χ2v) is 3.92. The zero-order chi connectivity index (χ0) is 11.9. The Morgan fingerprint density at radius 3 is 3.00 bits per heavy atom. The molecule has 1 saturated heterocycles. The maximum absolute atomic E-state index is 11.8. The molecule has 1 aromatic rings. The summed E-state index contributed by atoms with van der Waals surface area (Å²) in [7, 11) is 0. The number of nitrogens with one attached hydrogen (secondary N) is 1. The van der Waals surface area contributed by atoms with Gasteiger partial charge >= 0.3 is 0 Å². The summed E-state index contributed by atoms with van der Waals surface area (Å²) < 4.78 is 5.44. The van der Waals surface area contributed by atoms with E-state index in [1.165, 1.54) is 0 Å². The van der Waals surface area contributed by atoms with Gasteiger partial charge in [0.25, 0.3) is 0 Å². The molecule has 92 valence electrons. The summed E-state index contributed by atoms with van der Waals surface area (Å²) in [5.74, 6) is 0.871. The highest BCUT2D eigenvalue weighted by molar-refractivity contribution is 5.76. The Kier molecular flexibility index (Phi) is 4.32. The van der Waals surface area contributed by atoms with Gasteiger partial charge in [0, 0.05) is 32.4 Å². The first-order valence-electron chi connectivity index (χ1n) is 5.87. The molecule has 5 nitrogen and oxygen atoms in total. The minimum Gasteiger partial charge on any atom is -0.491 e. The Labute approximate surface area is 101 Å². The molecule has 2 rings (SSSR count). The second kappa shape index (κ2) is 6.20. The number of amides is 1. The van der Waals surface area contributed by atoms with Crippen LogP contribution in [-0.2, 0) is 4.79 Å². The van der Waals surface area contributed by atoms with Gasteiger partial charge in [-0.05, 0) is 12.1 Å². The molecule has 0 aromatic carbocycles. The molecule has 0 atom stereocenters. The van der Waals surface area contributed by atoms with E-state index in [1.54, 1.807) is 12.4 Å². The van der Waals surface area contributed by atoms with Gasteiger partial charge in [0.2, 0.25) is 5.91 Å². The molecule has 1 fully saturated rings. The Hall–Kier alpha value is -1.62. The number of hydrogen-bond donors (Lipinski definition) is 1. The monoisotopic (exact) mass is 235 g/mol. The highest BCUT2D eigenvalue weighted by Crippen LogP contribution is 2.07. The van der Waals surface area contributed by atoms with Gasteiger partial charge in [-0.1, -0.05) is 0 Å². The third-order valence-electron chi connectivity index (χ3n) is 2.69. The highest BCUT2D eigenvalue weighted by Gasteiger charge is 2.15. The van der Waals surface area contributed by atoms with Crippen LogP contribution in [0.3, 0.4) is 0 Å². The normalized spacial score (nSPS) is 15.6. The minimum absolute atomic E-state index is 0.162. The third-order valence-corrected chi connectivity index (χ3v) is 2.69. The number of rotatable bonds is 4. The lowest BCUT2D eigenvalue weighted by Gasteiger charge is -2.27. The Balaban J connectivity index is 1.69. The zero-order valence-corrected chi connectivity index (χ0v) is 9.76.